The monoisotopic (exact) mass is 187 g/mol. The molecule has 4 heteroatoms. The fourth-order valence-electron chi connectivity index (χ4n) is 1.38. The first-order chi connectivity index (χ1) is 6.74. The molecule has 1 aromatic heterocycles. The Balaban J connectivity index is 2.98. The Kier molecular flexibility index (Phi) is 1.72. The van der Waals surface area contributed by atoms with Crippen LogP contribution in [0.25, 0.3) is 10.8 Å². The zero-order valence-electron chi connectivity index (χ0n) is 7.18. The van der Waals surface area contributed by atoms with Crippen molar-refractivity contribution in [3.63, 3.8) is 0 Å². The van der Waals surface area contributed by atoms with Crippen LogP contribution in [0.5, 0.6) is 5.88 Å². The lowest BCUT2D eigenvalue weighted by Crippen LogP contribution is -2.30. The van der Waals surface area contributed by atoms with Gasteiger partial charge in [0.05, 0.1) is 5.39 Å². The highest BCUT2D eigenvalue weighted by atomic mass is 16.5. The Hall–Kier alpha value is -2.28. The molecule has 0 aliphatic heterocycles. The highest BCUT2D eigenvalue weighted by molar-refractivity contribution is 5.87. The van der Waals surface area contributed by atoms with Crippen LogP contribution in [0.4, 0.5) is 0 Å². The van der Waals surface area contributed by atoms with Gasteiger partial charge in [-0.25, -0.2) is 0 Å². The third kappa shape index (κ3) is 1.04. The van der Waals surface area contributed by atoms with Crippen LogP contribution in [0.2, 0.25) is 0 Å². The lowest BCUT2D eigenvalue weighted by atomic mass is 10.1. The number of hydrogen-bond acceptors (Lipinski definition) is 3. The number of nitrogens with zero attached hydrogens (tertiary/aromatic N) is 2. The Morgan fingerprint density at radius 1 is 1.29 bits per heavy atom. The summed E-state index contributed by atoms with van der Waals surface area (Å²) in [7, 11) is 0. The molecule has 4 nitrogen and oxygen atoms in total. The molecule has 0 spiro atoms. The van der Waals surface area contributed by atoms with Gasteiger partial charge in [0, 0.05) is 10.1 Å². The van der Waals surface area contributed by atoms with Crippen LogP contribution in [0.15, 0.2) is 30.5 Å². The zero-order chi connectivity index (χ0) is 10.1. The van der Waals surface area contributed by atoms with E-state index in [1.165, 1.54) is 6.20 Å². The maximum Gasteiger partial charge on any atom is 0.433 e. The van der Waals surface area contributed by atoms with E-state index in [-0.39, 0.29) is 5.56 Å². The standard InChI is InChI=1S/C10H6N2O2/c11-5-9-8-4-2-1-3-7(8)6-12(14)10(9)13/h1-4,6,14H/p+1. The van der Waals surface area contributed by atoms with Crippen molar-refractivity contribution in [1.29, 1.82) is 5.26 Å². The van der Waals surface area contributed by atoms with E-state index in [0.29, 0.717) is 15.5 Å². The molecule has 0 unspecified atom stereocenters. The second kappa shape index (κ2) is 2.89. The lowest BCUT2D eigenvalue weighted by Gasteiger charge is -1.97. The van der Waals surface area contributed by atoms with Crippen molar-refractivity contribution in [3.05, 3.63) is 36.0 Å². The molecule has 0 bridgehead atoms. The number of aromatic hydroxyl groups is 1. The van der Waals surface area contributed by atoms with Crippen LogP contribution < -0.4 is 4.73 Å². The van der Waals surface area contributed by atoms with Gasteiger partial charge in [0.25, 0.3) is 0 Å². The van der Waals surface area contributed by atoms with Gasteiger partial charge in [-0.3, -0.25) is 5.21 Å². The van der Waals surface area contributed by atoms with Gasteiger partial charge >= 0.3 is 5.88 Å². The fraction of sp³-hybridized carbons (Fsp3) is 0. The Morgan fingerprint density at radius 3 is 2.71 bits per heavy atom. The van der Waals surface area contributed by atoms with Crippen LogP contribution in [-0.4, -0.2) is 10.3 Å². The normalized spacial score (nSPS) is 9.93. The second-order valence-corrected chi connectivity index (χ2v) is 2.87. The van der Waals surface area contributed by atoms with Crippen LogP contribution in [-0.2, 0) is 0 Å². The minimum absolute atomic E-state index is 0.0746. The van der Waals surface area contributed by atoms with Crippen LogP contribution >= 0.6 is 0 Å². The Morgan fingerprint density at radius 2 is 2.00 bits per heavy atom. The van der Waals surface area contributed by atoms with Gasteiger partial charge in [-0.1, -0.05) is 18.2 Å². The first-order valence-corrected chi connectivity index (χ1v) is 4.00. The summed E-state index contributed by atoms with van der Waals surface area (Å²) in [6.07, 6.45) is 1.35. The SMILES string of the molecule is N#Cc1c(O)[n+](O)cc2ccccc12. The van der Waals surface area contributed by atoms with Gasteiger partial charge in [-0.15, -0.1) is 0 Å². The summed E-state index contributed by atoms with van der Waals surface area (Å²) in [6, 6.07) is 8.88. The van der Waals surface area contributed by atoms with Gasteiger partial charge < -0.3 is 5.11 Å². The number of rotatable bonds is 0. The predicted molar refractivity (Wildman–Crippen MR) is 47.7 cm³/mol. The fourth-order valence-corrected chi connectivity index (χ4v) is 1.38. The number of hydrogen-bond donors (Lipinski definition) is 2. The van der Waals surface area contributed by atoms with Gasteiger partial charge in [-0.05, 0) is 6.07 Å². The minimum Gasteiger partial charge on any atom is -0.456 e. The Bertz CT molecular complexity index is 544. The number of nitriles is 1. The summed E-state index contributed by atoms with van der Waals surface area (Å²) in [5.41, 5.74) is 0.0746. The number of pyridine rings is 1. The number of fused-ring (bicyclic) bond motifs is 1. The van der Waals surface area contributed by atoms with E-state index in [1.54, 1.807) is 24.3 Å². The van der Waals surface area contributed by atoms with Crippen molar-refractivity contribution >= 4 is 10.8 Å². The molecule has 2 N–H and O–H groups in total. The summed E-state index contributed by atoms with van der Waals surface area (Å²) < 4.78 is 0.543. The van der Waals surface area contributed by atoms with Gasteiger partial charge in [0.1, 0.15) is 6.07 Å². The van der Waals surface area contributed by atoms with Crippen molar-refractivity contribution < 1.29 is 15.0 Å². The highest BCUT2D eigenvalue weighted by Gasteiger charge is 2.18. The van der Waals surface area contributed by atoms with Crippen LogP contribution in [0.1, 0.15) is 5.56 Å². The van der Waals surface area contributed by atoms with Crippen LogP contribution in [0, 0.1) is 11.3 Å². The van der Waals surface area contributed by atoms with Crippen LogP contribution in [0.3, 0.4) is 0 Å². The van der Waals surface area contributed by atoms with E-state index in [4.69, 9.17) is 5.26 Å². The summed E-state index contributed by atoms with van der Waals surface area (Å²) in [4.78, 5) is 0. The van der Waals surface area contributed by atoms with Gasteiger partial charge in [0.2, 0.25) is 6.20 Å². The molecule has 0 radical (unpaired) electrons. The highest BCUT2D eigenvalue weighted by Crippen LogP contribution is 2.21. The smallest absolute Gasteiger partial charge is 0.433 e. The third-order valence-corrected chi connectivity index (χ3v) is 2.04. The minimum atomic E-state index is -0.439. The largest absolute Gasteiger partial charge is 0.456 e. The molecule has 1 heterocycles. The molecule has 1 aromatic carbocycles. The Labute approximate surface area is 79.8 Å². The van der Waals surface area contributed by atoms with Crippen molar-refractivity contribution in [2.75, 3.05) is 0 Å². The predicted octanol–water partition coefficient (Wildman–Crippen LogP) is 0.942. The molecule has 68 valence electrons. The molecule has 0 saturated carbocycles. The summed E-state index contributed by atoms with van der Waals surface area (Å²) in [6.45, 7) is 0. The van der Waals surface area contributed by atoms with E-state index < -0.39 is 5.88 Å². The molecule has 0 aliphatic carbocycles. The molecule has 0 fully saturated rings. The first kappa shape index (κ1) is 8.32. The molecular formula is C10H7N2O2+. The zero-order valence-corrected chi connectivity index (χ0v) is 7.18. The average Bonchev–Trinajstić information content (AvgIpc) is 2.20. The van der Waals surface area contributed by atoms with Gasteiger partial charge in [-0.2, -0.15) is 5.26 Å². The van der Waals surface area contributed by atoms with Gasteiger partial charge in [0.15, 0.2) is 5.56 Å². The quantitative estimate of drug-likeness (QED) is 0.476. The van der Waals surface area contributed by atoms with Crippen molar-refractivity contribution in [2.45, 2.75) is 0 Å². The van der Waals surface area contributed by atoms with E-state index in [0.717, 1.165) is 0 Å². The van der Waals surface area contributed by atoms with Crippen molar-refractivity contribution in [2.24, 2.45) is 0 Å². The molecule has 0 amide bonds. The molecule has 14 heavy (non-hydrogen) atoms. The molecule has 2 rings (SSSR count). The van der Waals surface area contributed by atoms with E-state index in [2.05, 4.69) is 0 Å². The maximum atomic E-state index is 9.39. The maximum absolute atomic E-state index is 9.39. The second-order valence-electron chi connectivity index (χ2n) is 2.87. The van der Waals surface area contributed by atoms with E-state index >= 15 is 0 Å². The summed E-state index contributed by atoms with van der Waals surface area (Å²) >= 11 is 0. The van der Waals surface area contributed by atoms with Crippen molar-refractivity contribution in [3.8, 4) is 11.9 Å². The van der Waals surface area contributed by atoms with E-state index in [1.807, 2.05) is 6.07 Å². The average molecular weight is 187 g/mol. The molecule has 2 aromatic rings. The lowest BCUT2D eigenvalue weighted by molar-refractivity contribution is -0.906. The summed E-state index contributed by atoms with van der Waals surface area (Å²) in [5, 5.41) is 28.8. The molecule has 0 saturated heterocycles. The molecule has 0 aliphatic rings. The van der Waals surface area contributed by atoms with E-state index in [9.17, 15) is 10.3 Å². The topological polar surface area (TPSA) is 68.1 Å². The summed E-state index contributed by atoms with van der Waals surface area (Å²) in [5.74, 6) is -0.439. The first-order valence-electron chi connectivity index (χ1n) is 4.00. The number of aromatic nitrogens is 1. The third-order valence-electron chi connectivity index (χ3n) is 2.04. The van der Waals surface area contributed by atoms with Crippen molar-refractivity contribution in [1.82, 2.24) is 0 Å². The number of benzene rings is 1. The molecular weight excluding hydrogens is 180 g/mol. The molecule has 0 atom stereocenters.